The van der Waals surface area contributed by atoms with Crippen LogP contribution in [0.2, 0.25) is 0 Å². The zero-order valence-electron chi connectivity index (χ0n) is 8.82. The molecular formula is C11H12N2O3. The van der Waals surface area contributed by atoms with Crippen molar-refractivity contribution in [3.05, 3.63) is 35.9 Å². The van der Waals surface area contributed by atoms with Gasteiger partial charge in [0, 0.05) is 6.92 Å². The molecule has 0 unspecified atom stereocenters. The third-order valence-corrected chi connectivity index (χ3v) is 1.84. The zero-order valence-corrected chi connectivity index (χ0v) is 8.82. The van der Waals surface area contributed by atoms with E-state index < -0.39 is 11.7 Å². The summed E-state index contributed by atoms with van der Waals surface area (Å²) in [5.74, 6) is -1.86. The molecule has 0 aliphatic heterocycles. The Kier molecular flexibility index (Phi) is 4.20. The van der Waals surface area contributed by atoms with Gasteiger partial charge in [0.2, 0.25) is 11.7 Å². The van der Waals surface area contributed by atoms with Crippen molar-refractivity contribution in [3.63, 3.8) is 0 Å². The van der Waals surface area contributed by atoms with Crippen molar-refractivity contribution in [3.8, 4) is 0 Å². The van der Waals surface area contributed by atoms with Gasteiger partial charge in [-0.2, -0.15) is 0 Å². The fourth-order valence-electron chi connectivity index (χ4n) is 1.04. The standard InChI is InChI=1S/C11H12N2O3/c1-8(14)11(16)13-12-10(15)7-9-5-3-2-4-6-9/h2-6H,7H2,1H3,(H,12,15)(H,13,16). The quantitative estimate of drug-likeness (QED) is 0.554. The lowest BCUT2D eigenvalue weighted by molar-refractivity contribution is -0.138. The van der Waals surface area contributed by atoms with Gasteiger partial charge in [0.05, 0.1) is 6.42 Å². The molecule has 0 fully saturated rings. The molecule has 0 aliphatic carbocycles. The summed E-state index contributed by atoms with van der Waals surface area (Å²) in [7, 11) is 0. The predicted octanol–water partition coefficient (Wildman–Crippen LogP) is -0.0345. The SMILES string of the molecule is CC(=O)C(=O)NNC(=O)Cc1ccccc1. The monoisotopic (exact) mass is 220 g/mol. The maximum atomic E-state index is 11.3. The number of carbonyl (C=O) groups is 3. The van der Waals surface area contributed by atoms with Crippen molar-refractivity contribution in [2.75, 3.05) is 0 Å². The summed E-state index contributed by atoms with van der Waals surface area (Å²) in [5.41, 5.74) is 5.00. The van der Waals surface area contributed by atoms with E-state index in [1.807, 2.05) is 23.6 Å². The Morgan fingerprint density at radius 3 is 2.25 bits per heavy atom. The van der Waals surface area contributed by atoms with Gasteiger partial charge in [-0.05, 0) is 5.56 Å². The van der Waals surface area contributed by atoms with Crippen LogP contribution in [0.1, 0.15) is 12.5 Å². The molecule has 2 N–H and O–H groups in total. The third kappa shape index (κ3) is 3.91. The lowest BCUT2D eigenvalue weighted by Crippen LogP contribution is -2.44. The highest BCUT2D eigenvalue weighted by Gasteiger charge is 2.08. The van der Waals surface area contributed by atoms with Gasteiger partial charge in [0.1, 0.15) is 0 Å². The van der Waals surface area contributed by atoms with Crippen LogP contribution in [0.5, 0.6) is 0 Å². The zero-order chi connectivity index (χ0) is 12.0. The Morgan fingerprint density at radius 1 is 1.06 bits per heavy atom. The predicted molar refractivity (Wildman–Crippen MR) is 57.1 cm³/mol. The number of hydrazine groups is 1. The molecule has 0 aromatic heterocycles. The molecule has 2 amide bonds. The van der Waals surface area contributed by atoms with E-state index in [9.17, 15) is 14.4 Å². The molecule has 0 saturated heterocycles. The molecule has 16 heavy (non-hydrogen) atoms. The van der Waals surface area contributed by atoms with Gasteiger partial charge in [-0.1, -0.05) is 30.3 Å². The van der Waals surface area contributed by atoms with E-state index >= 15 is 0 Å². The van der Waals surface area contributed by atoms with Gasteiger partial charge in [0.15, 0.2) is 0 Å². The van der Waals surface area contributed by atoms with Crippen molar-refractivity contribution in [2.24, 2.45) is 0 Å². The van der Waals surface area contributed by atoms with E-state index in [1.165, 1.54) is 0 Å². The van der Waals surface area contributed by atoms with Crippen LogP contribution in [-0.2, 0) is 20.8 Å². The molecule has 0 atom stereocenters. The molecule has 84 valence electrons. The number of Topliss-reactive ketones (excluding diaryl/α,β-unsaturated/α-hetero) is 1. The maximum absolute atomic E-state index is 11.3. The van der Waals surface area contributed by atoms with Crippen molar-refractivity contribution in [1.29, 1.82) is 0 Å². The van der Waals surface area contributed by atoms with Gasteiger partial charge in [-0.25, -0.2) is 0 Å². The van der Waals surface area contributed by atoms with E-state index in [2.05, 4.69) is 5.43 Å². The average molecular weight is 220 g/mol. The minimum Gasteiger partial charge on any atom is -0.289 e. The van der Waals surface area contributed by atoms with E-state index in [-0.39, 0.29) is 12.3 Å². The number of rotatable bonds is 3. The van der Waals surface area contributed by atoms with Crippen molar-refractivity contribution >= 4 is 17.6 Å². The normalized spacial score (nSPS) is 9.31. The second-order valence-corrected chi connectivity index (χ2v) is 3.22. The Labute approximate surface area is 92.8 Å². The summed E-state index contributed by atoms with van der Waals surface area (Å²) >= 11 is 0. The molecule has 0 radical (unpaired) electrons. The minimum atomic E-state index is -0.832. The van der Waals surface area contributed by atoms with Crippen molar-refractivity contribution < 1.29 is 14.4 Å². The molecule has 1 aromatic carbocycles. The largest absolute Gasteiger partial charge is 0.305 e. The Balaban J connectivity index is 2.37. The lowest BCUT2D eigenvalue weighted by atomic mass is 10.1. The molecule has 1 rings (SSSR count). The highest BCUT2D eigenvalue weighted by molar-refractivity contribution is 6.35. The molecule has 0 saturated carbocycles. The average Bonchev–Trinajstić information content (AvgIpc) is 2.27. The van der Waals surface area contributed by atoms with Gasteiger partial charge < -0.3 is 0 Å². The van der Waals surface area contributed by atoms with Crippen LogP contribution >= 0.6 is 0 Å². The van der Waals surface area contributed by atoms with Crippen LogP contribution in [0.15, 0.2) is 30.3 Å². The highest BCUT2D eigenvalue weighted by Crippen LogP contribution is 1.98. The number of nitrogens with one attached hydrogen (secondary N) is 2. The van der Waals surface area contributed by atoms with Crippen LogP contribution in [0, 0.1) is 0 Å². The summed E-state index contributed by atoms with van der Waals surface area (Å²) < 4.78 is 0. The van der Waals surface area contributed by atoms with Gasteiger partial charge in [0.25, 0.3) is 0 Å². The smallest absolute Gasteiger partial charge is 0.289 e. The van der Waals surface area contributed by atoms with Crippen LogP contribution in [0.25, 0.3) is 0 Å². The summed E-state index contributed by atoms with van der Waals surface area (Å²) in [6.07, 6.45) is 0.152. The second-order valence-electron chi connectivity index (χ2n) is 3.22. The van der Waals surface area contributed by atoms with E-state index in [0.717, 1.165) is 12.5 Å². The molecule has 0 aliphatic rings. The molecule has 5 heteroatoms. The molecule has 1 aromatic rings. The molecular weight excluding hydrogens is 208 g/mol. The van der Waals surface area contributed by atoms with Crippen LogP contribution in [0.4, 0.5) is 0 Å². The van der Waals surface area contributed by atoms with Crippen LogP contribution < -0.4 is 10.9 Å². The first kappa shape index (κ1) is 11.9. The van der Waals surface area contributed by atoms with Crippen LogP contribution in [0.3, 0.4) is 0 Å². The number of amides is 2. The number of hydrogen-bond donors (Lipinski definition) is 2. The fraction of sp³-hybridized carbons (Fsp3) is 0.182. The molecule has 5 nitrogen and oxygen atoms in total. The van der Waals surface area contributed by atoms with Gasteiger partial charge >= 0.3 is 5.91 Å². The third-order valence-electron chi connectivity index (χ3n) is 1.84. The summed E-state index contributed by atoms with van der Waals surface area (Å²) in [4.78, 5) is 32.7. The van der Waals surface area contributed by atoms with E-state index in [0.29, 0.717) is 0 Å². The number of carbonyl (C=O) groups excluding carboxylic acids is 3. The summed E-state index contributed by atoms with van der Waals surface area (Å²) in [6, 6.07) is 9.07. The van der Waals surface area contributed by atoms with Crippen LogP contribution in [-0.4, -0.2) is 17.6 Å². The second kappa shape index (κ2) is 5.65. The Bertz CT molecular complexity index is 401. The first-order chi connectivity index (χ1) is 7.59. The topological polar surface area (TPSA) is 75.3 Å². The molecule has 0 bridgehead atoms. The molecule has 0 heterocycles. The Hall–Kier alpha value is -2.17. The van der Waals surface area contributed by atoms with Gasteiger partial charge in [-0.15, -0.1) is 0 Å². The van der Waals surface area contributed by atoms with Crippen molar-refractivity contribution in [1.82, 2.24) is 10.9 Å². The van der Waals surface area contributed by atoms with Crippen molar-refractivity contribution in [2.45, 2.75) is 13.3 Å². The fourth-order valence-corrected chi connectivity index (χ4v) is 1.04. The highest BCUT2D eigenvalue weighted by atomic mass is 16.2. The van der Waals surface area contributed by atoms with Gasteiger partial charge in [-0.3, -0.25) is 25.2 Å². The van der Waals surface area contributed by atoms with E-state index in [1.54, 1.807) is 12.1 Å². The summed E-state index contributed by atoms with van der Waals surface area (Å²) in [5, 5.41) is 0. The minimum absolute atomic E-state index is 0.152. The maximum Gasteiger partial charge on any atom is 0.305 e. The summed E-state index contributed by atoms with van der Waals surface area (Å²) in [6.45, 7) is 1.12. The Morgan fingerprint density at radius 2 is 1.69 bits per heavy atom. The number of ketones is 1. The number of benzene rings is 1. The molecule has 0 spiro atoms. The number of hydrogen-bond acceptors (Lipinski definition) is 3. The lowest BCUT2D eigenvalue weighted by Gasteiger charge is -2.05. The van der Waals surface area contributed by atoms with E-state index in [4.69, 9.17) is 0 Å². The first-order valence-electron chi connectivity index (χ1n) is 4.73. The first-order valence-corrected chi connectivity index (χ1v) is 4.73.